The normalized spacial score (nSPS) is 13.8. The number of rotatable bonds is 6. The monoisotopic (exact) mass is 425 g/mol. The van der Waals surface area contributed by atoms with Crippen molar-refractivity contribution in [1.29, 1.82) is 0 Å². The van der Waals surface area contributed by atoms with E-state index in [0.29, 0.717) is 5.75 Å². The van der Waals surface area contributed by atoms with Crippen LogP contribution in [0.3, 0.4) is 0 Å². The van der Waals surface area contributed by atoms with E-state index in [1.54, 1.807) is 12.1 Å². The van der Waals surface area contributed by atoms with Gasteiger partial charge in [-0.25, -0.2) is 0 Å². The largest absolute Gasteiger partial charge is 0.487 e. The van der Waals surface area contributed by atoms with E-state index in [1.165, 1.54) is 0 Å². The number of aromatic nitrogens is 1. The molecule has 0 atom stereocenters. The molecule has 0 radical (unpaired) electrons. The number of ether oxygens (including phenoxy) is 1. The fourth-order valence-corrected chi connectivity index (χ4v) is 2.66. The van der Waals surface area contributed by atoms with Crippen LogP contribution in [0.4, 0.5) is 13.2 Å². The Morgan fingerprint density at radius 1 is 1.17 bits per heavy atom. The molecule has 0 amide bonds. The number of aldehydes is 1. The van der Waals surface area contributed by atoms with Crippen LogP contribution in [0.2, 0.25) is 0 Å². The van der Waals surface area contributed by atoms with Crippen LogP contribution in [0.25, 0.3) is 0 Å². The summed E-state index contributed by atoms with van der Waals surface area (Å²) >= 11 is 0. The number of hydrogen-bond donors (Lipinski definition) is 1. The number of nitrogens with zero attached hydrogens (tertiary/aromatic N) is 2. The highest BCUT2D eigenvalue weighted by Gasteiger charge is 2.30. The zero-order valence-corrected chi connectivity index (χ0v) is 17.9. The van der Waals surface area contributed by atoms with Crippen LogP contribution in [0.1, 0.15) is 30.7 Å². The lowest BCUT2D eigenvalue weighted by Crippen LogP contribution is -2.46. The molecule has 1 aromatic heterocycles. The summed E-state index contributed by atoms with van der Waals surface area (Å²) < 4.78 is 43.5. The summed E-state index contributed by atoms with van der Waals surface area (Å²) in [5.74, 6) is 0.708. The maximum atomic E-state index is 12.7. The molecule has 2 aromatic rings. The van der Waals surface area contributed by atoms with Gasteiger partial charge < -0.3 is 14.8 Å². The van der Waals surface area contributed by atoms with Crippen molar-refractivity contribution >= 4 is 6.29 Å². The molecule has 0 unspecified atom stereocenters. The lowest BCUT2D eigenvalue weighted by atomic mass is 10.0. The minimum absolute atomic E-state index is 0.0313. The molecule has 30 heavy (non-hydrogen) atoms. The molecule has 166 valence electrons. The predicted octanol–water partition coefficient (Wildman–Crippen LogP) is 4.17. The summed E-state index contributed by atoms with van der Waals surface area (Å²) in [7, 11) is 3.75. The quantitative estimate of drug-likeness (QED) is 0.704. The van der Waals surface area contributed by atoms with Crippen molar-refractivity contribution in [3.63, 3.8) is 0 Å². The summed E-state index contributed by atoms with van der Waals surface area (Å²) in [5.41, 5.74) is 0.577. The molecule has 0 bridgehead atoms. The van der Waals surface area contributed by atoms with Gasteiger partial charge in [0, 0.05) is 31.7 Å². The topological polar surface area (TPSA) is 54.5 Å². The van der Waals surface area contributed by atoms with E-state index in [2.05, 4.69) is 15.2 Å². The Morgan fingerprint density at radius 3 is 2.30 bits per heavy atom. The SMILES string of the molecule is CC.CNC.O=CC1CN(Cc2ccc(OCc3cc(C(F)(F)F)ccn3)cc2)C1. The van der Waals surface area contributed by atoms with Crippen molar-refractivity contribution in [2.24, 2.45) is 5.92 Å². The number of likely N-dealkylation sites (tertiary alicyclic amines) is 1. The number of nitrogens with one attached hydrogen (secondary N) is 1. The average Bonchev–Trinajstić information content (AvgIpc) is 2.71. The van der Waals surface area contributed by atoms with Crippen LogP contribution in [-0.4, -0.2) is 43.4 Å². The second kappa shape index (κ2) is 13.0. The standard InChI is InChI=1S/C18H17F3N2O2.C2H7N.C2H6/c19-18(20,21)15-5-6-22-16(7-15)12-25-17-3-1-13(2-4-17)8-23-9-14(10-23)11-24;1-3-2;1-2/h1-7,11,14H,8-10,12H2;3H,1-2H3;1-2H3. The Hall–Kier alpha value is -2.45. The van der Waals surface area contributed by atoms with Crippen LogP contribution in [-0.2, 0) is 24.1 Å². The molecular formula is C22H30F3N3O2. The third-order valence-corrected chi connectivity index (χ3v) is 4.04. The van der Waals surface area contributed by atoms with Crippen LogP contribution >= 0.6 is 0 Å². The molecule has 0 saturated carbocycles. The van der Waals surface area contributed by atoms with Gasteiger partial charge in [-0.2, -0.15) is 13.2 Å². The molecule has 0 aliphatic carbocycles. The van der Waals surface area contributed by atoms with Crippen LogP contribution < -0.4 is 10.1 Å². The van der Waals surface area contributed by atoms with E-state index in [1.807, 2.05) is 40.1 Å². The van der Waals surface area contributed by atoms with Gasteiger partial charge in [0.05, 0.1) is 11.3 Å². The number of halogens is 3. The first-order valence-corrected chi connectivity index (χ1v) is 9.85. The van der Waals surface area contributed by atoms with E-state index in [9.17, 15) is 18.0 Å². The number of alkyl halides is 3. The van der Waals surface area contributed by atoms with E-state index < -0.39 is 11.7 Å². The van der Waals surface area contributed by atoms with Gasteiger partial charge in [-0.3, -0.25) is 9.88 Å². The highest BCUT2D eigenvalue weighted by Crippen LogP contribution is 2.29. The Labute approximate surface area is 176 Å². The number of hydrogen-bond acceptors (Lipinski definition) is 5. The van der Waals surface area contributed by atoms with E-state index >= 15 is 0 Å². The van der Waals surface area contributed by atoms with Crippen molar-refractivity contribution in [2.45, 2.75) is 33.2 Å². The molecule has 1 aromatic carbocycles. The minimum atomic E-state index is -4.39. The molecule has 8 heteroatoms. The Kier molecular flexibility index (Phi) is 11.1. The lowest BCUT2D eigenvalue weighted by Gasteiger charge is -2.36. The van der Waals surface area contributed by atoms with Gasteiger partial charge in [-0.05, 0) is 43.9 Å². The lowest BCUT2D eigenvalue weighted by molar-refractivity contribution is -0.137. The second-order valence-corrected chi connectivity index (χ2v) is 6.56. The molecule has 1 saturated heterocycles. The van der Waals surface area contributed by atoms with Gasteiger partial charge in [0.1, 0.15) is 18.6 Å². The van der Waals surface area contributed by atoms with Gasteiger partial charge in [0.2, 0.25) is 0 Å². The van der Waals surface area contributed by atoms with E-state index in [-0.39, 0.29) is 18.2 Å². The summed E-state index contributed by atoms with van der Waals surface area (Å²) in [4.78, 5) is 16.7. The van der Waals surface area contributed by atoms with Gasteiger partial charge in [-0.15, -0.1) is 0 Å². The molecule has 3 rings (SSSR count). The zero-order chi connectivity index (χ0) is 22.6. The fraction of sp³-hybridized carbons (Fsp3) is 0.455. The number of carbonyl (C=O) groups is 1. The minimum Gasteiger partial charge on any atom is -0.487 e. The number of benzene rings is 1. The summed E-state index contributed by atoms with van der Waals surface area (Å²) in [6.07, 6.45) is -2.28. The fourth-order valence-electron chi connectivity index (χ4n) is 2.66. The predicted molar refractivity (Wildman–Crippen MR) is 111 cm³/mol. The zero-order valence-electron chi connectivity index (χ0n) is 17.9. The average molecular weight is 425 g/mol. The van der Waals surface area contributed by atoms with Crippen molar-refractivity contribution in [3.8, 4) is 5.75 Å². The first kappa shape index (κ1) is 25.6. The number of carbonyl (C=O) groups excluding carboxylic acids is 1. The van der Waals surface area contributed by atoms with Gasteiger partial charge in [-0.1, -0.05) is 26.0 Å². The molecule has 2 heterocycles. The molecule has 0 spiro atoms. The molecule has 1 aliphatic heterocycles. The Balaban J connectivity index is 0.000000826. The molecular weight excluding hydrogens is 395 g/mol. The summed E-state index contributed by atoms with van der Waals surface area (Å²) in [5, 5.41) is 2.75. The summed E-state index contributed by atoms with van der Waals surface area (Å²) in [6.45, 7) is 6.29. The van der Waals surface area contributed by atoms with Crippen LogP contribution in [0.5, 0.6) is 5.75 Å². The smallest absolute Gasteiger partial charge is 0.416 e. The van der Waals surface area contributed by atoms with E-state index in [0.717, 1.165) is 49.8 Å². The molecule has 1 fully saturated rings. The third-order valence-electron chi connectivity index (χ3n) is 4.04. The van der Waals surface area contributed by atoms with Gasteiger partial charge in [0.15, 0.2) is 0 Å². The Morgan fingerprint density at radius 2 is 1.77 bits per heavy atom. The van der Waals surface area contributed by atoms with Crippen LogP contribution in [0, 0.1) is 5.92 Å². The maximum absolute atomic E-state index is 12.7. The highest BCUT2D eigenvalue weighted by molar-refractivity contribution is 5.55. The van der Waals surface area contributed by atoms with Crippen molar-refractivity contribution in [1.82, 2.24) is 15.2 Å². The summed E-state index contributed by atoms with van der Waals surface area (Å²) in [6, 6.07) is 9.29. The van der Waals surface area contributed by atoms with E-state index in [4.69, 9.17) is 4.74 Å². The third kappa shape index (κ3) is 8.51. The second-order valence-electron chi connectivity index (χ2n) is 6.56. The maximum Gasteiger partial charge on any atom is 0.416 e. The van der Waals surface area contributed by atoms with Crippen LogP contribution in [0.15, 0.2) is 42.6 Å². The molecule has 5 nitrogen and oxygen atoms in total. The highest BCUT2D eigenvalue weighted by atomic mass is 19.4. The molecule has 1 N–H and O–H groups in total. The Bertz CT molecular complexity index is 746. The first-order chi connectivity index (χ1) is 14.4. The van der Waals surface area contributed by atoms with Crippen molar-refractivity contribution < 1.29 is 22.7 Å². The first-order valence-electron chi connectivity index (χ1n) is 9.85. The number of pyridine rings is 1. The van der Waals surface area contributed by atoms with Crippen molar-refractivity contribution in [2.75, 3.05) is 27.2 Å². The van der Waals surface area contributed by atoms with Gasteiger partial charge >= 0.3 is 6.18 Å². The van der Waals surface area contributed by atoms with Gasteiger partial charge in [0.25, 0.3) is 0 Å². The van der Waals surface area contributed by atoms with Crippen molar-refractivity contribution in [3.05, 3.63) is 59.4 Å². The molecule has 1 aliphatic rings.